The number of alkyl halides is 3. The monoisotopic (exact) mass is 461 g/mol. The number of piperidine rings is 1. The Kier molecular flexibility index (Phi) is 7.43. The van der Waals surface area contributed by atoms with Crippen LogP contribution in [0.3, 0.4) is 0 Å². The van der Waals surface area contributed by atoms with E-state index in [9.17, 15) is 18.0 Å². The Morgan fingerprint density at radius 2 is 1.97 bits per heavy atom. The summed E-state index contributed by atoms with van der Waals surface area (Å²) in [6.07, 6.45) is 0.315. The molecule has 2 fully saturated rings. The molecule has 5 nitrogen and oxygen atoms in total. The summed E-state index contributed by atoms with van der Waals surface area (Å²) in [5.74, 6) is -0.565. The molecule has 1 spiro atoms. The van der Waals surface area contributed by atoms with E-state index in [-0.39, 0.29) is 5.54 Å². The smallest absolute Gasteiger partial charge is 0.385 e. The predicted octanol–water partition coefficient (Wildman–Crippen LogP) is 4.95. The maximum absolute atomic E-state index is 13.3. The van der Waals surface area contributed by atoms with Crippen LogP contribution in [0.1, 0.15) is 57.1 Å². The van der Waals surface area contributed by atoms with Crippen molar-refractivity contribution in [2.45, 2.75) is 64.2 Å². The van der Waals surface area contributed by atoms with Gasteiger partial charge >= 0.3 is 12.1 Å². The highest BCUT2D eigenvalue weighted by Gasteiger charge is 2.41. The van der Waals surface area contributed by atoms with Crippen molar-refractivity contribution in [1.82, 2.24) is 10.2 Å². The van der Waals surface area contributed by atoms with Gasteiger partial charge in [-0.2, -0.15) is 13.2 Å². The van der Waals surface area contributed by atoms with Crippen molar-refractivity contribution in [1.29, 1.82) is 0 Å². The van der Waals surface area contributed by atoms with Crippen molar-refractivity contribution in [3.8, 4) is 0 Å². The molecule has 0 unspecified atom stereocenters. The molecule has 0 radical (unpaired) electrons. The van der Waals surface area contributed by atoms with E-state index in [1.165, 1.54) is 6.07 Å². The Hall–Kier alpha value is -1.51. The van der Waals surface area contributed by atoms with Gasteiger partial charge in [-0.05, 0) is 83.3 Å². The van der Waals surface area contributed by atoms with Gasteiger partial charge in [-0.15, -0.1) is 0 Å². The molecule has 2 aliphatic rings. The Morgan fingerprint density at radius 1 is 1.26 bits per heavy atom. The molecule has 31 heavy (non-hydrogen) atoms. The van der Waals surface area contributed by atoms with E-state index in [1.54, 1.807) is 19.9 Å². The second kappa shape index (κ2) is 9.55. The van der Waals surface area contributed by atoms with E-state index < -0.39 is 23.1 Å². The van der Waals surface area contributed by atoms with Gasteiger partial charge in [0.1, 0.15) is 11.9 Å². The molecule has 0 atom stereocenters. The summed E-state index contributed by atoms with van der Waals surface area (Å²) in [6, 6.07) is 3.91. The summed E-state index contributed by atoms with van der Waals surface area (Å²) < 4.78 is 44.3. The van der Waals surface area contributed by atoms with Crippen molar-refractivity contribution < 1.29 is 22.3 Å². The highest BCUT2D eigenvalue weighted by molar-refractivity contribution is 6.13. The van der Waals surface area contributed by atoms with Gasteiger partial charge < -0.3 is 14.9 Å². The third kappa shape index (κ3) is 5.65. The van der Waals surface area contributed by atoms with Gasteiger partial charge in [0.2, 0.25) is 0 Å². The van der Waals surface area contributed by atoms with E-state index in [4.69, 9.17) is 11.9 Å². The minimum atomic E-state index is -4.42. The Bertz CT molecular complexity index is 780. The molecule has 0 bridgehead atoms. The fourth-order valence-corrected chi connectivity index (χ4v) is 4.89. The lowest BCUT2D eigenvalue weighted by molar-refractivity contribution is -0.143. The number of rotatable bonds is 7. The average Bonchev–Trinajstić information content (AvgIpc) is 3.09. The number of halogens is 4. The van der Waals surface area contributed by atoms with E-state index in [2.05, 4.69) is 19.8 Å². The van der Waals surface area contributed by atoms with E-state index in [1.807, 2.05) is 0 Å². The first-order chi connectivity index (χ1) is 14.6. The molecular formula is C22H31ClF3N3O2. The summed E-state index contributed by atoms with van der Waals surface area (Å²) in [4.78, 5) is 14.2. The number of carbonyl (C=O) groups is 1. The summed E-state index contributed by atoms with van der Waals surface area (Å²) in [5.41, 5.74) is -0.0929. The van der Waals surface area contributed by atoms with Gasteiger partial charge in [0, 0.05) is 24.3 Å². The highest BCUT2D eigenvalue weighted by Crippen LogP contribution is 2.39. The van der Waals surface area contributed by atoms with Gasteiger partial charge in [0.05, 0.1) is 11.0 Å². The van der Waals surface area contributed by atoms with Gasteiger partial charge in [0.15, 0.2) is 0 Å². The third-order valence-corrected chi connectivity index (χ3v) is 6.90. The number of benzene rings is 1. The van der Waals surface area contributed by atoms with Crippen LogP contribution >= 0.6 is 11.9 Å². The third-order valence-electron chi connectivity index (χ3n) is 6.76. The van der Waals surface area contributed by atoms with E-state index >= 15 is 0 Å². The zero-order valence-corrected chi connectivity index (χ0v) is 18.8. The first-order valence-electron chi connectivity index (χ1n) is 10.8. The quantitative estimate of drug-likeness (QED) is 0.601. The zero-order valence-electron chi connectivity index (χ0n) is 18.1. The fourth-order valence-electron chi connectivity index (χ4n) is 4.68. The topological polar surface area (TPSA) is 53.6 Å². The fraction of sp³-hybridized carbons (Fsp3) is 0.682. The van der Waals surface area contributed by atoms with Crippen LogP contribution < -0.4 is 10.6 Å². The molecule has 2 aliphatic heterocycles. The Labute approximate surface area is 186 Å². The van der Waals surface area contributed by atoms with Crippen LogP contribution in [-0.2, 0) is 21.8 Å². The second-order valence-corrected chi connectivity index (χ2v) is 9.45. The van der Waals surface area contributed by atoms with Crippen molar-refractivity contribution >= 4 is 23.5 Å². The molecule has 0 aliphatic carbocycles. The van der Waals surface area contributed by atoms with Crippen molar-refractivity contribution in [3.05, 3.63) is 29.3 Å². The predicted molar refractivity (Wildman–Crippen MR) is 115 cm³/mol. The lowest BCUT2D eigenvalue weighted by Crippen LogP contribution is -2.50. The summed E-state index contributed by atoms with van der Waals surface area (Å²) in [5, 5.41) is 6.54. The summed E-state index contributed by atoms with van der Waals surface area (Å²) in [7, 11) is 0. The Balaban J connectivity index is 1.78. The first-order valence-corrected chi connectivity index (χ1v) is 11.1. The van der Waals surface area contributed by atoms with Crippen LogP contribution in [0.4, 0.5) is 18.9 Å². The van der Waals surface area contributed by atoms with Crippen LogP contribution in [0.15, 0.2) is 18.2 Å². The lowest BCUT2D eigenvalue weighted by Gasteiger charge is -2.42. The number of hydrogen-bond donors (Lipinski definition) is 2. The Morgan fingerprint density at radius 3 is 2.61 bits per heavy atom. The molecule has 174 valence electrons. The molecule has 1 aromatic carbocycles. The van der Waals surface area contributed by atoms with Gasteiger partial charge in [0.25, 0.3) is 0 Å². The van der Waals surface area contributed by atoms with E-state index in [0.29, 0.717) is 25.2 Å². The number of anilines is 1. The lowest BCUT2D eigenvalue weighted by atomic mass is 9.85. The molecule has 0 amide bonds. The van der Waals surface area contributed by atoms with Crippen LogP contribution in [0.25, 0.3) is 0 Å². The van der Waals surface area contributed by atoms with E-state index in [0.717, 1.165) is 56.9 Å². The van der Waals surface area contributed by atoms with Gasteiger partial charge in [-0.1, -0.05) is 6.07 Å². The molecule has 0 aromatic heterocycles. The zero-order chi connectivity index (χ0) is 22.7. The second-order valence-electron chi connectivity index (χ2n) is 9.29. The molecule has 2 heterocycles. The summed E-state index contributed by atoms with van der Waals surface area (Å²) >= 11 is 5.19. The van der Waals surface area contributed by atoms with Crippen LogP contribution in [0.5, 0.6) is 0 Å². The minimum Gasteiger partial charge on any atom is -0.385 e. The standard InChI is InChI=1S/C22H31ClF3N3O2/c1-20(2,19(30)31-23)7-12-28-18-14-17(22(24,25)26)5-4-16(18)15-29-13-3-6-21(29)8-10-27-11-9-21/h4-5,14,27-28H,3,6-13,15H2,1-2H3. The average molecular weight is 462 g/mol. The first kappa shape index (κ1) is 24.1. The van der Waals surface area contributed by atoms with Crippen molar-refractivity contribution in [3.63, 3.8) is 0 Å². The number of nitrogens with zero attached hydrogens (tertiary/aromatic N) is 1. The molecule has 1 aromatic rings. The van der Waals surface area contributed by atoms with Gasteiger partial charge in [-0.3, -0.25) is 4.90 Å². The van der Waals surface area contributed by atoms with Crippen LogP contribution in [0, 0.1) is 5.41 Å². The molecule has 2 saturated heterocycles. The minimum absolute atomic E-state index is 0.136. The van der Waals surface area contributed by atoms with Crippen molar-refractivity contribution in [2.24, 2.45) is 5.41 Å². The number of likely N-dealkylation sites (tertiary alicyclic amines) is 1. The summed E-state index contributed by atoms with van der Waals surface area (Å²) in [6.45, 7) is 7.21. The van der Waals surface area contributed by atoms with Crippen LogP contribution in [-0.4, -0.2) is 42.6 Å². The normalized spacial score (nSPS) is 19.5. The highest BCUT2D eigenvalue weighted by atomic mass is 35.5. The molecule has 9 heteroatoms. The molecular weight excluding hydrogens is 431 g/mol. The molecule has 3 rings (SSSR count). The maximum atomic E-state index is 13.3. The SMILES string of the molecule is CC(C)(CCNc1cc(C(F)(F)F)ccc1CN1CCCC12CCNCC2)C(=O)OCl. The molecule has 0 saturated carbocycles. The number of carbonyl (C=O) groups excluding carboxylic acids is 1. The molecule has 2 N–H and O–H groups in total. The number of hydrogen-bond acceptors (Lipinski definition) is 5. The largest absolute Gasteiger partial charge is 0.416 e. The maximum Gasteiger partial charge on any atom is 0.416 e. The van der Waals surface area contributed by atoms with Crippen LogP contribution in [0.2, 0.25) is 0 Å². The van der Waals surface area contributed by atoms with Crippen molar-refractivity contribution in [2.75, 3.05) is 31.5 Å². The van der Waals surface area contributed by atoms with Gasteiger partial charge in [-0.25, -0.2) is 4.79 Å². The number of nitrogens with one attached hydrogen (secondary N) is 2.